The van der Waals surface area contributed by atoms with Crippen LogP contribution in [-0.4, -0.2) is 21.8 Å². The molecule has 0 spiro atoms. The van der Waals surface area contributed by atoms with Crippen molar-refractivity contribution >= 4 is 61.3 Å². The Morgan fingerprint density at radius 2 is 1.90 bits per heavy atom. The molecule has 5 nitrogen and oxygen atoms in total. The smallest absolute Gasteiger partial charge is 0.300 e. The molecule has 1 unspecified atom stereocenters. The molecule has 1 aliphatic rings. The van der Waals surface area contributed by atoms with E-state index >= 15 is 0 Å². The summed E-state index contributed by atoms with van der Waals surface area (Å²) in [5, 5.41) is 13.9. The molecule has 2 N–H and O–H groups in total. The number of aromatic amines is 1. The van der Waals surface area contributed by atoms with E-state index in [-0.39, 0.29) is 11.3 Å². The Morgan fingerprint density at radius 3 is 2.67 bits per heavy atom. The summed E-state index contributed by atoms with van der Waals surface area (Å²) in [4.78, 5) is 31.6. The lowest BCUT2D eigenvalue weighted by atomic mass is 9.99. The van der Waals surface area contributed by atoms with Crippen LogP contribution in [0.25, 0.3) is 16.7 Å². The number of H-pyrrole nitrogens is 1. The minimum atomic E-state index is -0.701. The van der Waals surface area contributed by atoms with Gasteiger partial charge in [0, 0.05) is 37.7 Å². The summed E-state index contributed by atoms with van der Waals surface area (Å²) in [6.45, 7) is 0. The number of benzene rings is 2. The second kappa shape index (κ2) is 7.27. The number of anilines is 1. The first-order valence-electron chi connectivity index (χ1n) is 9.22. The third kappa shape index (κ3) is 2.89. The molecular formula is C23H15BrN2O3S. The zero-order valence-corrected chi connectivity index (χ0v) is 17.9. The van der Waals surface area contributed by atoms with E-state index in [1.165, 1.54) is 16.2 Å². The summed E-state index contributed by atoms with van der Waals surface area (Å²) >= 11 is 4.87. The molecule has 1 fully saturated rings. The molecule has 30 heavy (non-hydrogen) atoms. The first-order valence-corrected chi connectivity index (χ1v) is 10.9. The molecule has 1 amide bonds. The Bertz CT molecular complexity index is 1320. The Hall–Kier alpha value is -3.16. The van der Waals surface area contributed by atoms with E-state index in [1.54, 1.807) is 18.3 Å². The number of hydrogen-bond donors (Lipinski definition) is 2. The van der Waals surface area contributed by atoms with Gasteiger partial charge in [-0.1, -0.05) is 46.3 Å². The second-order valence-corrected chi connectivity index (χ2v) is 8.81. The quantitative estimate of drug-likeness (QED) is 0.228. The summed E-state index contributed by atoms with van der Waals surface area (Å²) in [5.74, 6) is -1.54. The number of nitrogens with zero attached hydrogens (tertiary/aromatic N) is 1. The Balaban J connectivity index is 1.75. The Labute approximate surface area is 184 Å². The van der Waals surface area contributed by atoms with Gasteiger partial charge >= 0.3 is 0 Å². The monoisotopic (exact) mass is 478 g/mol. The zero-order valence-electron chi connectivity index (χ0n) is 15.5. The highest BCUT2D eigenvalue weighted by Crippen LogP contribution is 2.44. The lowest BCUT2D eigenvalue weighted by Crippen LogP contribution is -2.29. The number of fused-ring (bicyclic) bond motifs is 1. The number of aromatic nitrogens is 1. The van der Waals surface area contributed by atoms with Crippen LogP contribution in [-0.2, 0) is 9.59 Å². The summed E-state index contributed by atoms with van der Waals surface area (Å²) in [5.41, 5.74) is 2.02. The van der Waals surface area contributed by atoms with E-state index in [0.717, 1.165) is 20.3 Å². The molecule has 1 atom stereocenters. The molecule has 7 heteroatoms. The normalized spacial score (nSPS) is 18.4. The maximum absolute atomic E-state index is 13.1. The average Bonchev–Trinajstić information content (AvgIpc) is 3.47. The number of carbonyl (C=O) groups is 2. The van der Waals surface area contributed by atoms with Gasteiger partial charge < -0.3 is 10.1 Å². The number of rotatable bonds is 3. The SMILES string of the molecule is O=C1C(=O)N(c2cccc(Br)c2)C(c2cccs2)/C1=C(/O)c1c[nH]c2ccccc12. The van der Waals surface area contributed by atoms with Gasteiger partial charge in [0.2, 0.25) is 0 Å². The van der Waals surface area contributed by atoms with Crippen molar-refractivity contribution in [2.75, 3.05) is 4.90 Å². The van der Waals surface area contributed by atoms with Crippen molar-refractivity contribution in [2.45, 2.75) is 6.04 Å². The molecule has 148 valence electrons. The highest BCUT2D eigenvalue weighted by Gasteiger charge is 2.47. The average molecular weight is 479 g/mol. The number of amides is 1. The molecular weight excluding hydrogens is 464 g/mol. The highest BCUT2D eigenvalue weighted by atomic mass is 79.9. The van der Waals surface area contributed by atoms with Crippen molar-refractivity contribution < 1.29 is 14.7 Å². The van der Waals surface area contributed by atoms with Crippen molar-refractivity contribution in [3.63, 3.8) is 0 Å². The standard InChI is InChI=1S/C23H15BrN2O3S/c24-13-5-3-6-14(11-13)26-20(18-9-4-10-30-18)19(22(28)23(26)29)21(27)16-12-25-17-8-2-1-7-15(16)17/h1-12,20,25,27H/b21-19-. The molecule has 0 radical (unpaired) electrons. The highest BCUT2D eigenvalue weighted by molar-refractivity contribution is 9.10. The molecule has 5 rings (SSSR count). The van der Waals surface area contributed by atoms with Crippen molar-refractivity contribution in [1.82, 2.24) is 4.98 Å². The topological polar surface area (TPSA) is 73.4 Å². The van der Waals surface area contributed by atoms with E-state index < -0.39 is 17.7 Å². The summed E-state index contributed by atoms with van der Waals surface area (Å²) in [6, 6.07) is 17.8. The fourth-order valence-electron chi connectivity index (χ4n) is 3.85. The van der Waals surface area contributed by atoms with Crippen molar-refractivity contribution in [1.29, 1.82) is 0 Å². The molecule has 2 aromatic carbocycles. The van der Waals surface area contributed by atoms with Gasteiger partial charge in [-0.15, -0.1) is 11.3 Å². The molecule has 0 aliphatic carbocycles. The van der Waals surface area contributed by atoms with E-state index in [0.29, 0.717) is 11.3 Å². The molecule has 1 aliphatic heterocycles. The maximum atomic E-state index is 13.1. The van der Waals surface area contributed by atoms with Crippen LogP contribution in [0.3, 0.4) is 0 Å². The first-order chi connectivity index (χ1) is 14.6. The third-order valence-electron chi connectivity index (χ3n) is 5.19. The zero-order chi connectivity index (χ0) is 20.8. The summed E-state index contributed by atoms with van der Waals surface area (Å²) in [6.07, 6.45) is 1.66. The maximum Gasteiger partial charge on any atom is 0.300 e. The lowest BCUT2D eigenvalue weighted by molar-refractivity contribution is -0.132. The van der Waals surface area contributed by atoms with Crippen LogP contribution in [0.5, 0.6) is 0 Å². The van der Waals surface area contributed by atoms with Crippen LogP contribution in [0.1, 0.15) is 16.5 Å². The number of aliphatic hydroxyl groups is 1. The number of halogens is 1. The summed E-state index contributed by atoms with van der Waals surface area (Å²) < 4.78 is 0.795. The third-order valence-corrected chi connectivity index (χ3v) is 6.61. The second-order valence-electron chi connectivity index (χ2n) is 6.91. The molecule has 3 heterocycles. The van der Waals surface area contributed by atoms with E-state index in [9.17, 15) is 14.7 Å². The van der Waals surface area contributed by atoms with Gasteiger partial charge in [0.25, 0.3) is 11.7 Å². The van der Waals surface area contributed by atoms with Crippen LogP contribution in [0, 0.1) is 0 Å². The summed E-state index contributed by atoms with van der Waals surface area (Å²) in [7, 11) is 0. The van der Waals surface area contributed by atoms with Crippen LogP contribution >= 0.6 is 27.3 Å². The number of thiophene rings is 1. The van der Waals surface area contributed by atoms with Gasteiger partial charge in [0.05, 0.1) is 5.57 Å². The minimum absolute atomic E-state index is 0.0900. The van der Waals surface area contributed by atoms with Gasteiger partial charge in [-0.05, 0) is 35.7 Å². The van der Waals surface area contributed by atoms with E-state index in [2.05, 4.69) is 20.9 Å². The predicted molar refractivity (Wildman–Crippen MR) is 122 cm³/mol. The van der Waals surface area contributed by atoms with Crippen LogP contribution in [0.4, 0.5) is 5.69 Å². The number of carbonyl (C=O) groups excluding carboxylic acids is 2. The number of para-hydroxylation sites is 1. The fraction of sp³-hybridized carbons (Fsp3) is 0.0435. The number of aliphatic hydroxyl groups excluding tert-OH is 1. The van der Waals surface area contributed by atoms with E-state index in [1.807, 2.05) is 53.9 Å². The number of hydrogen-bond acceptors (Lipinski definition) is 4. The molecule has 0 saturated carbocycles. The Kier molecular flexibility index (Phi) is 4.56. The van der Waals surface area contributed by atoms with Crippen molar-refractivity contribution in [3.05, 3.63) is 92.7 Å². The van der Waals surface area contributed by atoms with Crippen LogP contribution in [0.15, 0.2) is 82.3 Å². The van der Waals surface area contributed by atoms with Crippen LogP contribution in [0.2, 0.25) is 0 Å². The lowest BCUT2D eigenvalue weighted by Gasteiger charge is -2.24. The van der Waals surface area contributed by atoms with Crippen LogP contribution < -0.4 is 4.90 Å². The molecule has 0 bridgehead atoms. The molecule has 2 aromatic heterocycles. The molecule has 1 saturated heterocycles. The predicted octanol–water partition coefficient (Wildman–Crippen LogP) is 5.62. The van der Waals surface area contributed by atoms with Gasteiger partial charge in [-0.3, -0.25) is 14.5 Å². The first kappa shape index (κ1) is 18.8. The molecule has 4 aromatic rings. The number of nitrogens with one attached hydrogen (secondary N) is 1. The number of Topliss-reactive ketones (excluding diaryl/α,β-unsaturated/α-hetero) is 1. The van der Waals surface area contributed by atoms with Gasteiger partial charge in [-0.25, -0.2) is 0 Å². The van der Waals surface area contributed by atoms with Crippen molar-refractivity contribution in [2.24, 2.45) is 0 Å². The van der Waals surface area contributed by atoms with Gasteiger partial charge in [0.15, 0.2) is 0 Å². The van der Waals surface area contributed by atoms with Gasteiger partial charge in [0.1, 0.15) is 11.8 Å². The largest absolute Gasteiger partial charge is 0.507 e. The number of ketones is 1. The Morgan fingerprint density at radius 1 is 1.07 bits per heavy atom. The fourth-order valence-corrected chi connectivity index (χ4v) is 5.06. The van der Waals surface area contributed by atoms with E-state index in [4.69, 9.17) is 0 Å². The van der Waals surface area contributed by atoms with Gasteiger partial charge in [-0.2, -0.15) is 0 Å². The minimum Gasteiger partial charge on any atom is -0.507 e. The van der Waals surface area contributed by atoms with Crippen molar-refractivity contribution in [3.8, 4) is 0 Å².